The van der Waals surface area contributed by atoms with Crippen molar-refractivity contribution in [1.82, 2.24) is 9.21 Å². The van der Waals surface area contributed by atoms with Gasteiger partial charge >= 0.3 is 0 Å². The molecule has 0 amide bonds. The Morgan fingerprint density at radius 2 is 1.72 bits per heavy atom. The first kappa shape index (κ1) is 20.0. The zero-order valence-corrected chi connectivity index (χ0v) is 17.6. The van der Waals surface area contributed by atoms with Crippen LogP contribution in [-0.2, 0) is 23.0 Å². The molecule has 0 bridgehead atoms. The quantitative estimate of drug-likeness (QED) is 0.716. The van der Waals surface area contributed by atoms with E-state index in [-0.39, 0.29) is 4.90 Å². The van der Waals surface area contributed by atoms with Crippen molar-refractivity contribution in [3.8, 4) is 17.2 Å². The molecule has 8 heteroatoms. The van der Waals surface area contributed by atoms with E-state index >= 15 is 0 Å². The Morgan fingerprint density at radius 3 is 2.45 bits per heavy atom. The number of ether oxygens (including phenoxy) is 3. The summed E-state index contributed by atoms with van der Waals surface area (Å²) < 4.78 is 43.6. The van der Waals surface area contributed by atoms with E-state index in [4.69, 9.17) is 14.2 Å². The lowest BCUT2D eigenvalue weighted by atomic mass is 10.1. The molecule has 2 aliphatic rings. The van der Waals surface area contributed by atoms with Crippen molar-refractivity contribution < 1.29 is 22.6 Å². The van der Waals surface area contributed by atoms with Crippen LogP contribution < -0.4 is 14.2 Å². The normalized spacial score (nSPS) is 17.6. The third-order valence-electron chi connectivity index (χ3n) is 5.48. The van der Waals surface area contributed by atoms with Gasteiger partial charge in [0.2, 0.25) is 10.0 Å². The molecule has 156 valence electrons. The van der Waals surface area contributed by atoms with Crippen LogP contribution in [0.25, 0.3) is 0 Å². The van der Waals surface area contributed by atoms with Crippen LogP contribution in [0.4, 0.5) is 0 Å². The van der Waals surface area contributed by atoms with Gasteiger partial charge in [0.05, 0.1) is 25.7 Å². The fourth-order valence-corrected chi connectivity index (χ4v) is 5.29. The predicted octanol–water partition coefficient (Wildman–Crippen LogP) is 2.15. The molecule has 0 aromatic heterocycles. The lowest BCUT2D eigenvalue weighted by Crippen LogP contribution is -2.48. The van der Waals surface area contributed by atoms with E-state index in [0.717, 1.165) is 25.3 Å². The number of hydrogen-bond donors (Lipinski definition) is 0. The van der Waals surface area contributed by atoms with Crippen molar-refractivity contribution in [2.75, 3.05) is 47.0 Å². The summed E-state index contributed by atoms with van der Waals surface area (Å²) >= 11 is 0. The Kier molecular flexibility index (Phi) is 5.67. The van der Waals surface area contributed by atoms with E-state index in [1.54, 1.807) is 16.4 Å². The average Bonchev–Trinajstić information content (AvgIpc) is 3.21. The second kappa shape index (κ2) is 8.22. The average molecular weight is 419 g/mol. The summed E-state index contributed by atoms with van der Waals surface area (Å²) in [5.41, 5.74) is 2.50. The lowest BCUT2D eigenvalue weighted by molar-refractivity contribution is 0.181. The summed E-state index contributed by atoms with van der Waals surface area (Å²) in [7, 11) is -0.544. The Morgan fingerprint density at radius 1 is 0.966 bits per heavy atom. The maximum absolute atomic E-state index is 13.0. The Hall–Kier alpha value is -2.29. The van der Waals surface area contributed by atoms with Crippen molar-refractivity contribution in [3.05, 3.63) is 47.5 Å². The second-order valence-corrected chi connectivity index (χ2v) is 9.18. The van der Waals surface area contributed by atoms with Gasteiger partial charge in [-0.25, -0.2) is 8.42 Å². The molecular formula is C21H26N2O5S. The minimum Gasteiger partial charge on any atom is -0.493 e. The fraction of sp³-hybridized carbons (Fsp3) is 0.429. The molecule has 1 saturated heterocycles. The number of piperazine rings is 1. The molecule has 0 saturated carbocycles. The monoisotopic (exact) mass is 418 g/mol. The molecule has 2 aliphatic heterocycles. The van der Waals surface area contributed by atoms with Crippen molar-refractivity contribution in [1.29, 1.82) is 0 Å². The number of nitrogens with zero attached hydrogens (tertiary/aromatic N) is 2. The first-order valence-corrected chi connectivity index (χ1v) is 11.1. The molecule has 0 unspecified atom stereocenters. The number of sulfonamides is 1. The molecule has 0 N–H and O–H groups in total. The molecule has 0 spiro atoms. The molecule has 2 aromatic carbocycles. The summed E-state index contributed by atoms with van der Waals surface area (Å²) in [6.07, 6.45) is 0.959. The van der Waals surface area contributed by atoms with Crippen molar-refractivity contribution in [2.45, 2.75) is 17.9 Å². The Labute approximate surface area is 171 Å². The van der Waals surface area contributed by atoms with Gasteiger partial charge in [-0.1, -0.05) is 12.1 Å². The summed E-state index contributed by atoms with van der Waals surface area (Å²) in [5, 5.41) is 0. The van der Waals surface area contributed by atoms with E-state index in [1.807, 2.05) is 6.07 Å². The fourth-order valence-electron chi connectivity index (χ4n) is 3.85. The smallest absolute Gasteiger partial charge is 0.243 e. The molecular weight excluding hydrogens is 392 g/mol. The zero-order chi connectivity index (χ0) is 20.4. The molecule has 0 atom stereocenters. The van der Waals surface area contributed by atoms with Gasteiger partial charge in [-0.3, -0.25) is 4.90 Å². The highest BCUT2D eigenvalue weighted by Crippen LogP contribution is 2.31. The predicted molar refractivity (Wildman–Crippen MR) is 109 cm³/mol. The van der Waals surface area contributed by atoms with Crippen LogP contribution >= 0.6 is 0 Å². The van der Waals surface area contributed by atoms with Crippen LogP contribution in [0.5, 0.6) is 17.2 Å². The molecule has 4 rings (SSSR count). The summed E-state index contributed by atoms with van der Waals surface area (Å²) in [6, 6.07) is 11.0. The molecule has 0 radical (unpaired) electrons. The minimum atomic E-state index is -3.57. The van der Waals surface area contributed by atoms with Gasteiger partial charge in [-0.15, -0.1) is 0 Å². The molecule has 2 heterocycles. The van der Waals surface area contributed by atoms with Gasteiger partial charge in [0.1, 0.15) is 5.75 Å². The number of hydrogen-bond acceptors (Lipinski definition) is 6. The van der Waals surface area contributed by atoms with Crippen LogP contribution in [0, 0.1) is 0 Å². The molecule has 7 nitrogen and oxygen atoms in total. The molecule has 1 fully saturated rings. The highest BCUT2D eigenvalue weighted by atomic mass is 32.2. The van der Waals surface area contributed by atoms with E-state index in [1.165, 1.54) is 31.4 Å². The van der Waals surface area contributed by atoms with Gasteiger partial charge in [0, 0.05) is 45.2 Å². The summed E-state index contributed by atoms with van der Waals surface area (Å²) in [6.45, 7) is 3.89. The van der Waals surface area contributed by atoms with Gasteiger partial charge in [-0.05, 0) is 29.3 Å². The maximum Gasteiger partial charge on any atom is 0.243 e. The molecule has 29 heavy (non-hydrogen) atoms. The van der Waals surface area contributed by atoms with Gasteiger partial charge in [-0.2, -0.15) is 4.31 Å². The van der Waals surface area contributed by atoms with Crippen LogP contribution in [-0.4, -0.2) is 64.6 Å². The molecule has 2 aromatic rings. The van der Waals surface area contributed by atoms with Crippen LogP contribution in [0.3, 0.4) is 0 Å². The number of rotatable bonds is 6. The van der Waals surface area contributed by atoms with Crippen molar-refractivity contribution >= 4 is 10.0 Å². The van der Waals surface area contributed by atoms with E-state index < -0.39 is 10.0 Å². The standard InChI is InChI=1S/C21H26N2O5S/c1-26-20-6-4-18(14-21(20)27-2)29(24,25)23-10-8-22(9-11-23)15-16-3-5-19-17(13-16)7-12-28-19/h3-6,13-14H,7-12,15H2,1-2H3. The van der Waals surface area contributed by atoms with Crippen molar-refractivity contribution in [2.24, 2.45) is 0 Å². The zero-order valence-electron chi connectivity index (χ0n) is 16.8. The number of fused-ring (bicyclic) bond motifs is 1. The first-order valence-electron chi connectivity index (χ1n) is 9.70. The lowest BCUT2D eigenvalue weighted by Gasteiger charge is -2.34. The third kappa shape index (κ3) is 4.05. The number of benzene rings is 2. The van der Waals surface area contributed by atoms with E-state index in [2.05, 4.69) is 17.0 Å². The van der Waals surface area contributed by atoms with Crippen LogP contribution in [0.2, 0.25) is 0 Å². The van der Waals surface area contributed by atoms with Gasteiger partial charge in [0.25, 0.3) is 0 Å². The van der Waals surface area contributed by atoms with Gasteiger partial charge in [0.15, 0.2) is 11.5 Å². The maximum atomic E-state index is 13.0. The second-order valence-electron chi connectivity index (χ2n) is 7.24. The highest BCUT2D eigenvalue weighted by molar-refractivity contribution is 7.89. The highest BCUT2D eigenvalue weighted by Gasteiger charge is 2.29. The topological polar surface area (TPSA) is 68.3 Å². The Bertz CT molecular complexity index is 985. The first-order chi connectivity index (χ1) is 14.0. The SMILES string of the molecule is COc1ccc(S(=O)(=O)N2CCN(Cc3ccc4c(c3)CCO4)CC2)cc1OC. The van der Waals surface area contributed by atoms with Crippen molar-refractivity contribution in [3.63, 3.8) is 0 Å². The largest absolute Gasteiger partial charge is 0.493 e. The number of methoxy groups -OCH3 is 2. The van der Waals surface area contributed by atoms with Crippen LogP contribution in [0.15, 0.2) is 41.3 Å². The van der Waals surface area contributed by atoms with E-state index in [9.17, 15) is 8.42 Å². The summed E-state index contributed by atoms with van der Waals surface area (Å²) in [5.74, 6) is 1.91. The molecule has 0 aliphatic carbocycles. The summed E-state index contributed by atoms with van der Waals surface area (Å²) in [4.78, 5) is 2.51. The Balaban J connectivity index is 1.41. The minimum absolute atomic E-state index is 0.224. The van der Waals surface area contributed by atoms with Crippen LogP contribution in [0.1, 0.15) is 11.1 Å². The van der Waals surface area contributed by atoms with E-state index in [0.29, 0.717) is 37.7 Å². The van der Waals surface area contributed by atoms with Gasteiger partial charge < -0.3 is 14.2 Å². The third-order valence-corrected chi connectivity index (χ3v) is 7.38.